The molecule has 4 rings (SSSR count). The van der Waals surface area contributed by atoms with Crippen LogP contribution < -0.4 is 15.0 Å². The molecule has 8 heteroatoms. The lowest BCUT2D eigenvalue weighted by atomic mass is 10.2. The lowest BCUT2D eigenvalue weighted by Gasteiger charge is -2.28. The third-order valence-corrected chi connectivity index (χ3v) is 5.13. The van der Waals surface area contributed by atoms with Gasteiger partial charge in [0.05, 0.1) is 18.6 Å². The molecule has 0 aliphatic carbocycles. The molecular formula is C22H26N4O4. The van der Waals surface area contributed by atoms with Crippen LogP contribution in [-0.4, -0.2) is 62.6 Å². The van der Waals surface area contributed by atoms with Gasteiger partial charge >= 0.3 is 6.09 Å². The maximum atomic E-state index is 12.1. The number of hydrogen-bond donors (Lipinski definition) is 1. The van der Waals surface area contributed by atoms with E-state index < -0.39 is 6.09 Å². The minimum absolute atomic E-state index is 0.405. The van der Waals surface area contributed by atoms with E-state index in [9.17, 15) is 4.79 Å². The predicted molar refractivity (Wildman–Crippen MR) is 114 cm³/mol. The second-order valence-corrected chi connectivity index (χ2v) is 7.27. The molecule has 1 aromatic heterocycles. The lowest BCUT2D eigenvalue weighted by Crippen LogP contribution is -2.40. The van der Waals surface area contributed by atoms with Crippen LogP contribution in [0.4, 0.5) is 10.6 Å². The van der Waals surface area contributed by atoms with Gasteiger partial charge in [0.15, 0.2) is 11.4 Å². The van der Waals surface area contributed by atoms with Crippen LogP contribution in [0.25, 0.3) is 11.0 Å². The summed E-state index contributed by atoms with van der Waals surface area (Å²) in [7, 11) is 2.00. The molecule has 0 atom stereocenters. The summed E-state index contributed by atoms with van der Waals surface area (Å²) in [6, 6.07) is 15.0. The predicted octanol–water partition coefficient (Wildman–Crippen LogP) is 2.88. The molecule has 1 saturated heterocycles. The van der Waals surface area contributed by atoms with Gasteiger partial charge in [-0.3, -0.25) is 4.90 Å². The maximum Gasteiger partial charge on any atom is 0.412 e. The van der Waals surface area contributed by atoms with Crippen LogP contribution in [0.15, 0.2) is 53.1 Å². The number of carbonyl (C=O) groups excluding carboxylic acids is 1. The summed E-state index contributed by atoms with van der Waals surface area (Å²) >= 11 is 0. The molecule has 2 aromatic carbocycles. The van der Waals surface area contributed by atoms with Gasteiger partial charge in [-0.05, 0) is 17.7 Å². The minimum Gasteiger partial charge on any atom is -0.410 e. The van der Waals surface area contributed by atoms with Crippen molar-refractivity contribution in [3.05, 3.63) is 54.1 Å². The van der Waals surface area contributed by atoms with Crippen molar-refractivity contribution in [3.8, 4) is 5.75 Å². The number of fused-ring (bicyclic) bond motifs is 1. The number of carbonyl (C=O) groups is 1. The molecule has 30 heavy (non-hydrogen) atoms. The fourth-order valence-electron chi connectivity index (χ4n) is 3.38. The number of anilines is 1. The van der Waals surface area contributed by atoms with Crippen LogP contribution in [0.2, 0.25) is 0 Å². The number of amides is 1. The van der Waals surface area contributed by atoms with Crippen molar-refractivity contribution in [3.63, 3.8) is 0 Å². The first-order chi connectivity index (χ1) is 14.7. The van der Waals surface area contributed by atoms with Crippen LogP contribution in [-0.2, 0) is 11.3 Å². The number of aromatic nitrogens is 1. The molecule has 158 valence electrons. The van der Waals surface area contributed by atoms with Crippen molar-refractivity contribution in [2.45, 2.75) is 6.54 Å². The highest BCUT2D eigenvalue weighted by Crippen LogP contribution is 2.28. The van der Waals surface area contributed by atoms with Gasteiger partial charge in [-0.25, -0.2) is 4.79 Å². The highest BCUT2D eigenvalue weighted by atomic mass is 16.6. The summed E-state index contributed by atoms with van der Waals surface area (Å²) in [4.78, 5) is 16.5. The normalized spacial score (nSPS) is 14.6. The van der Waals surface area contributed by atoms with Crippen LogP contribution in [0, 0.1) is 0 Å². The zero-order valence-electron chi connectivity index (χ0n) is 17.0. The smallest absolute Gasteiger partial charge is 0.410 e. The molecule has 0 saturated carbocycles. The summed E-state index contributed by atoms with van der Waals surface area (Å²) in [6.45, 7) is 5.68. The second kappa shape index (κ2) is 9.60. The van der Waals surface area contributed by atoms with E-state index in [2.05, 4.69) is 20.3 Å². The largest absolute Gasteiger partial charge is 0.412 e. The molecule has 1 aliphatic rings. The molecule has 0 radical (unpaired) electrons. The standard InChI is InChI=1S/C22H26N4O4/c1-25(9-10-26-11-13-28-14-12-26)21-19-8-7-18(15-20(19)30-24-21)29-22(27)23-16-17-5-3-2-4-6-17/h2-8,15H,9-14,16H2,1H3,(H,23,27). The molecule has 0 bridgehead atoms. The van der Waals surface area contributed by atoms with Crippen molar-refractivity contribution < 1.29 is 18.8 Å². The van der Waals surface area contributed by atoms with Gasteiger partial charge in [-0.1, -0.05) is 35.5 Å². The van der Waals surface area contributed by atoms with E-state index in [0.717, 1.165) is 56.2 Å². The number of benzene rings is 2. The summed E-state index contributed by atoms with van der Waals surface area (Å²) < 4.78 is 16.2. The number of rotatable bonds is 7. The van der Waals surface area contributed by atoms with Gasteiger partial charge in [0.1, 0.15) is 5.75 Å². The number of nitrogens with zero attached hydrogens (tertiary/aromatic N) is 3. The molecule has 3 aromatic rings. The van der Waals surface area contributed by atoms with Crippen molar-refractivity contribution >= 4 is 22.9 Å². The molecule has 1 N–H and O–H groups in total. The Morgan fingerprint density at radius 3 is 2.80 bits per heavy atom. The van der Waals surface area contributed by atoms with E-state index in [1.807, 2.05) is 43.4 Å². The van der Waals surface area contributed by atoms with Crippen LogP contribution in [0.5, 0.6) is 5.75 Å². The Bertz CT molecular complexity index is 970. The van der Waals surface area contributed by atoms with Crippen molar-refractivity contribution in [2.75, 3.05) is 51.3 Å². The number of morpholine rings is 1. The monoisotopic (exact) mass is 410 g/mol. The Morgan fingerprint density at radius 2 is 2.00 bits per heavy atom. The molecule has 8 nitrogen and oxygen atoms in total. The van der Waals surface area contributed by atoms with Crippen LogP contribution in [0.1, 0.15) is 5.56 Å². The summed E-state index contributed by atoms with van der Waals surface area (Å²) in [5.41, 5.74) is 1.58. The Morgan fingerprint density at radius 1 is 1.20 bits per heavy atom. The summed E-state index contributed by atoms with van der Waals surface area (Å²) in [5, 5.41) is 7.83. The van der Waals surface area contributed by atoms with Gasteiger partial charge < -0.3 is 24.2 Å². The van der Waals surface area contributed by atoms with Gasteiger partial charge in [0.25, 0.3) is 0 Å². The third kappa shape index (κ3) is 5.08. The highest BCUT2D eigenvalue weighted by molar-refractivity contribution is 5.89. The van der Waals surface area contributed by atoms with E-state index in [1.54, 1.807) is 12.1 Å². The van der Waals surface area contributed by atoms with E-state index in [-0.39, 0.29) is 0 Å². The molecule has 0 unspecified atom stereocenters. The van der Waals surface area contributed by atoms with E-state index in [0.29, 0.717) is 17.9 Å². The Balaban J connectivity index is 1.33. The van der Waals surface area contributed by atoms with Gasteiger partial charge in [0, 0.05) is 45.8 Å². The van der Waals surface area contributed by atoms with Crippen LogP contribution >= 0.6 is 0 Å². The first-order valence-electron chi connectivity index (χ1n) is 10.1. The highest BCUT2D eigenvalue weighted by Gasteiger charge is 2.16. The van der Waals surface area contributed by atoms with E-state index in [1.165, 1.54) is 0 Å². The summed E-state index contributed by atoms with van der Waals surface area (Å²) in [5.74, 6) is 1.19. The van der Waals surface area contributed by atoms with E-state index >= 15 is 0 Å². The third-order valence-electron chi connectivity index (χ3n) is 5.13. The van der Waals surface area contributed by atoms with Gasteiger partial charge in [-0.2, -0.15) is 0 Å². The average molecular weight is 410 g/mol. The van der Waals surface area contributed by atoms with Gasteiger partial charge in [-0.15, -0.1) is 0 Å². The SMILES string of the molecule is CN(CCN1CCOCC1)c1noc2cc(OC(=O)NCc3ccccc3)ccc12. The zero-order chi connectivity index (χ0) is 20.8. The molecule has 2 heterocycles. The number of nitrogens with one attached hydrogen (secondary N) is 1. The van der Waals surface area contributed by atoms with Crippen molar-refractivity contribution in [2.24, 2.45) is 0 Å². The topological polar surface area (TPSA) is 80.1 Å². The molecule has 0 spiro atoms. The first kappa shape index (κ1) is 20.2. The maximum absolute atomic E-state index is 12.1. The Labute approximate surface area is 175 Å². The molecule has 1 amide bonds. The van der Waals surface area contributed by atoms with Crippen LogP contribution in [0.3, 0.4) is 0 Å². The zero-order valence-corrected chi connectivity index (χ0v) is 17.0. The van der Waals surface area contributed by atoms with Gasteiger partial charge in [0.2, 0.25) is 0 Å². The fourth-order valence-corrected chi connectivity index (χ4v) is 3.38. The van der Waals surface area contributed by atoms with Crippen molar-refractivity contribution in [1.82, 2.24) is 15.4 Å². The Hall–Kier alpha value is -3.10. The second-order valence-electron chi connectivity index (χ2n) is 7.27. The average Bonchev–Trinajstić information content (AvgIpc) is 3.21. The number of hydrogen-bond acceptors (Lipinski definition) is 7. The van der Waals surface area contributed by atoms with E-state index in [4.69, 9.17) is 14.0 Å². The lowest BCUT2D eigenvalue weighted by molar-refractivity contribution is 0.0392. The quantitative estimate of drug-likeness (QED) is 0.641. The molecule has 1 aliphatic heterocycles. The fraction of sp³-hybridized carbons (Fsp3) is 0.364. The minimum atomic E-state index is -0.513. The molecule has 1 fully saturated rings. The number of likely N-dealkylation sites (N-methyl/N-ethyl adjacent to an activating group) is 1. The van der Waals surface area contributed by atoms with Crippen molar-refractivity contribution in [1.29, 1.82) is 0 Å². The number of ether oxygens (including phenoxy) is 2. The molecular weight excluding hydrogens is 384 g/mol. The first-order valence-corrected chi connectivity index (χ1v) is 10.1. The Kier molecular flexibility index (Phi) is 6.46. The summed E-state index contributed by atoms with van der Waals surface area (Å²) in [6.07, 6.45) is -0.513.